The summed E-state index contributed by atoms with van der Waals surface area (Å²) >= 11 is 0. The monoisotopic (exact) mass is 452 g/mol. The Morgan fingerprint density at radius 1 is 1.12 bits per heavy atom. The van der Waals surface area contributed by atoms with Gasteiger partial charge in [-0.3, -0.25) is 9.59 Å². The van der Waals surface area contributed by atoms with Crippen molar-refractivity contribution in [2.75, 3.05) is 32.8 Å². The number of rotatable bonds is 10. The van der Waals surface area contributed by atoms with Crippen LogP contribution in [0.2, 0.25) is 0 Å². The first kappa shape index (κ1) is 24.2. The Hall–Kier alpha value is -3.45. The number of hydrogen-bond acceptors (Lipinski definition) is 5. The molecule has 2 aromatic carbocycles. The molecule has 1 N–H and O–H groups in total. The second-order valence-corrected chi connectivity index (χ2v) is 7.69. The lowest BCUT2D eigenvalue weighted by Gasteiger charge is -2.28. The van der Waals surface area contributed by atoms with Gasteiger partial charge in [0, 0.05) is 18.7 Å². The van der Waals surface area contributed by atoms with Crippen molar-refractivity contribution in [1.29, 1.82) is 0 Å². The molecule has 6 nitrogen and oxygen atoms in total. The van der Waals surface area contributed by atoms with E-state index in [1.165, 1.54) is 29.2 Å². The van der Waals surface area contributed by atoms with E-state index in [0.29, 0.717) is 31.0 Å². The molecule has 0 aliphatic carbocycles. The highest BCUT2D eigenvalue weighted by molar-refractivity contribution is 6.46. The molecule has 1 aliphatic rings. The maximum atomic E-state index is 13.4. The minimum atomic E-state index is -0.765. The van der Waals surface area contributed by atoms with E-state index in [2.05, 4.69) is 11.5 Å². The van der Waals surface area contributed by atoms with E-state index in [1.807, 2.05) is 13.8 Å². The average molecular weight is 453 g/mol. The van der Waals surface area contributed by atoms with Crippen LogP contribution in [0.25, 0.3) is 5.76 Å². The van der Waals surface area contributed by atoms with Gasteiger partial charge in [-0.2, -0.15) is 0 Å². The van der Waals surface area contributed by atoms with Gasteiger partial charge in [0.1, 0.15) is 23.9 Å². The minimum Gasteiger partial charge on any atom is -0.507 e. The van der Waals surface area contributed by atoms with Gasteiger partial charge in [-0.1, -0.05) is 38.6 Å². The van der Waals surface area contributed by atoms with E-state index in [1.54, 1.807) is 30.3 Å². The van der Waals surface area contributed by atoms with Crippen molar-refractivity contribution in [2.45, 2.75) is 19.9 Å². The second kappa shape index (κ2) is 10.9. The number of Topliss-reactive ketones (excluding diaryl/α,β-unsaturated/α-hetero) is 1. The number of benzene rings is 2. The molecule has 1 aliphatic heterocycles. The molecular formula is C26H29FN2O4. The number of aliphatic hydroxyl groups is 1. The van der Waals surface area contributed by atoms with Gasteiger partial charge in [0.2, 0.25) is 0 Å². The van der Waals surface area contributed by atoms with Crippen LogP contribution >= 0.6 is 0 Å². The molecule has 33 heavy (non-hydrogen) atoms. The number of ether oxygens (including phenoxy) is 1. The summed E-state index contributed by atoms with van der Waals surface area (Å²) in [5, 5.41) is 11.0. The van der Waals surface area contributed by atoms with Crippen LogP contribution in [0, 0.1) is 5.82 Å². The molecule has 3 rings (SSSR count). The third-order valence-corrected chi connectivity index (χ3v) is 5.77. The number of likely N-dealkylation sites (tertiary alicyclic amines) is 1. The Bertz CT molecular complexity index is 1030. The molecule has 0 bridgehead atoms. The van der Waals surface area contributed by atoms with Gasteiger partial charge < -0.3 is 19.6 Å². The van der Waals surface area contributed by atoms with Gasteiger partial charge in [0.15, 0.2) is 0 Å². The number of carbonyl (C=O) groups excluding carboxylic acids is 2. The number of halogens is 1. The molecule has 1 amide bonds. The molecule has 1 fully saturated rings. The van der Waals surface area contributed by atoms with Gasteiger partial charge in [0.05, 0.1) is 11.6 Å². The molecule has 174 valence electrons. The van der Waals surface area contributed by atoms with Gasteiger partial charge in [-0.15, -0.1) is 0 Å². The molecular weight excluding hydrogens is 423 g/mol. The minimum absolute atomic E-state index is 0.00841. The third-order valence-electron chi connectivity index (χ3n) is 5.77. The first-order valence-corrected chi connectivity index (χ1v) is 11.0. The first-order chi connectivity index (χ1) is 15.9. The quantitative estimate of drug-likeness (QED) is 0.254. The summed E-state index contributed by atoms with van der Waals surface area (Å²) in [7, 11) is 0. The van der Waals surface area contributed by atoms with Crippen LogP contribution < -0.4 is 4.74 Å². The van der Waals surface area contributed by atoms with Gasteiger partial charge >= 0.3 is 0 Å². The standard InChI is InChI=1S/C26H29FN2O4/c1-4-17-33-21-13-9-18(10-14-21)23-22(24(30)19-7-11-20(27)12-8-19)25(31)26(32)29(23)16-15-28(5-2)6-3/h4,7-14,23,30H,1,5-6,15-17H2,2-3H3/t23-/m0/s1. The van der Waals surface area contributed by atoms with Crippen molar-refractivity contribution in [3.8, 4) is 5.75 Å². The number of ketones is 1. The fourth-order valence-electron chi connectivity index (χ4n) is 3.91. The predicted octanol–water partition coefficient (Wildman–Crippen LogP) is 4.15. The largest absolute Gasteiger partial charge is 0.507 e. The van der Waals surface area contributed by atoms with Crippen LogP contribution in [0.3, 0.4) is 0 Å². The lowest BCUT2D eigenvalue weighted by atomic mass is 9.95. The maximum Gasteiger partial charge on any atom is 0.295 e. The molecule has 0 spiro atoms. The molecule has 1 heterocycles. The summed E-state index contributed by atoms with van der Waals surface area (Å²) < 4.78 is 18.9. The number of carbonyl (C=O) groups is 2. The summed E-state index contributed by atoms with van der Waals surface area (Å²) in [5.74, 6) is -1.58. The fourth-order valence-corrected chi connectivity index (χ4v) is 3.91. The van der Waals surface area contributed by atoms with Crippen LogP contribution in [0.4, 0.5) is 4.39 Å². The Morgan fingerprint density at radius 3 is 2.33 bits per heavy atom. The normalized spacial score (nSPS) is 17.6. The molecule has 0 saturated carbocycles. The van der Waals surface area contributed by atoms with Gasteiger partial charge in [-0.25, -0.2) is 4.39 Å². The topological polar surface area (TPSA) is 70.1 Å². The zero-order valence-electron chi connectivity index (χ0n) is 19.0. The summed E-state index contributed by atoms with van der Waals surface area (Å²) in [5.41, 5.74) is 0.934. The smallest absolute Gasteiger partial charge is 0.295 e. The van der Waals surface area contributed by atoms with Crippen LogP contribution in [0.5, 0.6) is 5.75 Å². The molecule has 0 radical (unpaired) electrons. The van der Waals surface area contributed by atoms with E-state index in [-0.39, 0.29) is 16.9 Å². The van der Waals surface area contributed by atoms with E-state index in [9.17, 15) is 19.1 Å². The molecule has 0 aromatic heterocycles. The zero-order valence-corrected chi connectivity index (χ0v) is 19.0. The van der Waals surface area contributed by atoms with E-state index < -0.39 is 23.5 Å². The lowest BCUT2D eigenvalue weighted by Crippen LogP contribution is -2.38. The van der Waals surface area contributed by atoms with Crippen LogP contribution in [-0.2, 0) is 9.59 Å². The van der Waals surface area contributed by atoms with Gasteiger partial charge in [-0.05, 0) is 55.1 Å². The third kappa shape index (κ3) is 5.31. The number of amides is 1. The number of hydrogen-bond donors (Lipinski definition) is 1. The molecule has 7 heteroatoms. The SMILES string of the molecule is C=CCOc1ccc([C@H]2C(=C(O)c3ccc(F)cc3)C(=O)C(=O)N2CCN(CC)CC)cc1. The summed E-state index contributed by atoms with van der Waals surface area (Å²) in [6, 6.07) is 11.5. The molecule has 2 aromatic rings. The first-order valence-electron chi connectivity index (χ1n) is 11.0. The summed E-state index contributed by atoms with van der Waals surface area (Å²) in [4.78, 5) is 29.7. The van der Waals surface area contributed by atoms with Crippen molar-refractivity contribution in [1.82, 2.24) is 9.80 Å². The van der Waals surface area contributed by atoms with Crippen molar-refractivity contribution >= 4 is 17.4 Å². The van der Waals surface area contributed by atoms with Crippen molar-refractivity contribution in [3.05, 3.63) is 83.7 Å². The highest BCUT2D eigenvalue weighted by atomic mass is 19.1. The summed E-state index contributed by atoms with van der Waals surface area (Å²) in [6.45, 7) is 10.6. The second-order valence-electron chi connectivity index (χ2n) is 7.69. The fraction of sp³-hybridized carbons (Fsp3) is 0.308. The maximum absolute atomic E-state index is 13.4. The summed E-state index contributed by atoms with van der Waals surface area (Å²) in [6.07, 6.45) is 1.64. The van der Waals surface area contributed by atoms with E-state index in [0.717, 1.165) is 13.1 Å². The highest BCUT2D eigenvalue weighted by Crippen LogP contribution is 2.39. The number of nitrogens with zero attached hydrogens (tertiary/aromatic N) is 2. The average Bonchev–Trinajstić information content (AvgIpc) is 3.08. The van der Waals surface area contributed by atoms with Crippen LogP contribution in [0.15, 0.2) is 66.8 Å². The molecule has 1 atom stereocenters. The number of likely N-dealkylation sites (N-methyl/N-ethyl adjacent to an activating group) is 1. The number of aliphatic hydroxyl groups excluding tert-OH is 1. The van der Waals surface area contributed by atoms with E-state index in [4.69, 9.17) is 4.74 Å². The molecule has 0 unspecified atom stereocenters. The lowest BCUT2D eigenvalue weighted by molar-refractivity contribution is -0.140. The Morgan fingerprint density at radius 2 is 1.76 bits per heavy atom. The Kier molecular flexibility index (Phi) is 8.01. The van der Waals surface area contributed by atoms with Gasteiger partial charge in [0.25, 0.3) is 11.7 Å². The van der Waals surface area contributed by atoms with Crippen LogP contribution in [0.1, 0.15) is 31.0 Å². The predicted molar refractivity (Wildman–Crippen MR) is 125 cm³/mol. The molecule has 1 saturated heterocycles. The van der Waals surface area contributed by atoms with Crippen molar-refractivity contribution < 1.29 is 23.8 Å². The van der Waals surface area contributed by atoms with Crippen LogP contribution in [-0.4, -0.2) is 59.4 Å². The Labute approximate surface area is 193 Å². The van der Waals surface area contributed by atoms with Crippen molar-refractivity contribution in [3.63, 3.8) is 0 Å². The Balaban J connectivity index is 2.05. The van der Waals surface area contributed by atoms with E-state index >= 15 is 0 Å². The highest BCUT2D eigenvalue weighted by Gasteiger charge is 2.45. The zero-order chi connectivity index (χ0) is 24.0. The van der Waals surface area contributed by atoms with Crippen molar-refractivity contribution in [2.24, 2.45) is 0 Å².